The van der Waals surface area contributed by atoms with E-state index in [9.17, 15) is 13.6 Å². The molecule has 1 fully saturated rings. The minimum atomic E-state index is -0.680. The van der Waals surface area contributed by atoms with Crippen molar-refractivity contribution in [2.45, 2.75) is 25.9 Å². The van der Waals surface area contributed by atoms with Crippen molar-refractivity contribution in [1.82, 2.24) is 10.2 Å². The molecule has 0 spiro atoms. The fourth-order valence-electron chi connectivity index (χ4n) is 2.32. The van der Waals surface area contributed by atoms with E-state index in [1.54, 1.807) is 4.90 Å². The number of carbonyl (C=O) groups excluding carboxylic acids is 1. The number of benzene rings is 1. The Bertz CT molecular complexity index is 454. The number of amides is 1. The summed E-state index contributed by atoms with van der Waals surface area (Å²) in [6, 6.07) is 3.24. The Hall–Kier alpha value is -1.49. The van der Waals surface area contributed by atoms with E-state index < -0.39 is 17.5 Å². The molecule has 3 nitrogen and oxygen atoms in total. The number of hydrogen-bond acceptors (Lipinski definition) is 2. The standard InChI is InChI=1S/C13H16F2N2O/c1-8-6-17(7-9(2)16-8)13(18)11-5-10(14)3-4-12(11)15/h3-5,8-9,16H,6-7H2,1-2H3/t8-,9-/m1/s1. The molecule has 18 heavy (non-hydrogen) atoms. The van der Waals surface area contributed by atoms with Gasteiger partial charge in [-0.1, -0.05) is 0 Å². The molecule has 0 aromatic heterocycles. The highest BCUT2D eigenvalue weighted by Crippen LogP contribution is 2.15. The van der Waals surface area contributed by atoms with Crippen LogP contribution in [0.3, 0.4) is 0 Å². The molecule has 0 radical (unpaired) electrons. The van der Waals surface area contributed by atoms with Gasteiger partial charge in [0.25, 0.3) is 5.91 Å². The Kier molecular flexibility index (Phi) is 3.61. The van der Waals surface area contributed by atoms with Crippen LogP contribution in [0, 0.1) is 11.6 Å². The third-order valence-corrected chi connectivity index (χ3v) is 3.00. The van der Waals surface area contributed by atoms with Crippen LogP contribution in [0.5, 0.6) is 0 Å². The Morgan fingerprint density at radius 2 is 1.89 bits per heavy atom. The summed E-state index contributed by atoms with van der Waals surface area (Å²) in [6.45, 7) is 4.91. The van der Waals surface area contributed by atoms with Crippen molar-refractivity contribution in [3.63, 3.8) is 0 Å². The molecule has 0 saturated carbocycles. The molecule has 1 N–H and O–H groups in total. The second-order valence-electron chi connectivity index (χ2n) is 4.80. The first-order valence-electron chi connectivity index (χ1n) is 5.97. The molecule has 0 bridgehead atoms. The topological polar surface area (TPSA) is 32.3 Å². The molecule has 1 aromatic rings. The third-order valence-electron chi connectivity index (χ3n) is 3.00. The molecule has 1 saturated heterocycles. The maximum absolute atomic E-state index is 13.5. The summed E-state index contributed by atoms with van der Waals surface area (Å²) in [4.78, 5) is 13.7. The summed E-state index contributed by atoms with van der Waals surface area (Å²) < 4.78 is 26.6. The molecular formula is C13H16F2N2O. The molecular weight excluding hydrogens is 238 g/mol. The van der Waals surface area contributed by atoms with Crippen LogP contribution >= 0.6 is 0 Å². The first kappa shape index (κ1) is 13.0. The van der Waals surface area contributed by atoms with Crippen LogP contribution in [-0.4, -0.2) is 36.0 Å². The van der Waals surface area contributed by atoms with Gasteiger partial charge >= 0.3 is 0 Å². The van der Waals surface area contributed by atoms with Crippen LogP contribution in [-0.2, 0) is 0 Å². The molecule has 1 aliphatic rings. The van der Waals surface area contributed by atoms with E-state index in [2.05, 4.69) is 5.32 Å². The normalized spacial score (nSPS) is 24.1. The van der Waals surface area contributed by atoms with E-state index in [0.717, 1.165) is 18.2 Å². The number of piperazine rings is 1. The largest absolute Gasteiger partial charge is 0.335 e. The second-order valence-corrected chi connectivity index (χ2v) is 4.80. The van der Waals surface area contributed by atoms with Crippen molar-refractivity contribution >= 4 is 5.91 Å². The van der Waals surface area contributed by atoms with Crippen molar-refractivity contribution in [3.8, 4) is 0 Å². The maximum Gasteiger partial charge on any atom is 0.257 e. The van der Waals surface area contributed by atoms with Crippen molar-refractivity contribution in [1.29, 1.82) is 0 Å². The predicted octanol–water partition coefficient (Wildman–Crippen LogP) is 1.79. The first-order chi connectivity index (χ1) is 8.47. The molecule has 1 aromatic carbocycles. The highest BCUT2D eigenvalue weighted by atomic mass is 19.1. The van der Waals surface area contributed by atoms with Crippen molar-refractivity contribution in [2.24, 2.45) is 0 Å². The Morgan fingerprint density at radius 1 is 1.28 bits per heavy atom. The van der Waals surface area contributed by atoms with Gasteiger partial charge in [0.1, 0.15) is 11.6 Å². The lowest BCUT2D eigenvalue weighted by atomic mass is 10.1. The Labute approximate surface area is 105 Å². The smallest absolute Gasteiger partial charge is 0.257 e. The van der Waals surface area contributed by atoms with Crippen LogP contribution in [0.1, 0.15) is 24.2 Å². The third kappa shape index (κ3) is 2.67. The Morgan fingerprint density at radius 3 is 2.50 bits per heavy atom. The lowest BCUT2D eigenvalue weighted by molar-refractivity contribution is 0.0668. The lowest BCUT2D eigenvalue weighted by Crippen LogP contribution is -2.55. The quantitative estimate of drug-likeness (QED) is 0.828. The van der Waals surface area contributed by atoms with Crippen molar-refractivity contribution in [2.75, 3.05) is 13.1 Å². The number of halogens is 2. The van der Waals surface area contributed by atoms with Crippen LogP contribution in [0.25, 0.3) is 0 Å². The fraction of sp³-hybridized carbons (Fsp3) is 0.462. The molecule has 5 heteroatoms. The van der Waals surface area contributed by atoms with Gasteiger partial charge in [0.2, 0.25) is 0 Å². The zero-order chi connectivity index (χ0) is 13.3. The summed E-state index contributed by atoms with van der Waals surface area (Å²) in [5.74, 6) is -1.73. The van der Waals surface area contributed by atoms with Gasteiger partial charge in [-0.15, -0.1) is 0 Å². The molecule has 1 aliphatic heterocycles. The van der Waals surface area contributed by atoms with E-state index >= 15 is 0 Å². The second kappa shape index (κ2) is 5.02. The van der Waals surface area contributed by atoms with Crippen LogP contribution in [0.2, 0.25) is 0 Å². The molecule has 0 unspecified atom stereocenters. The zero-order valence-electron chi connectivity index (χ0n) is 10.4. The van der Waals surface area contributed by atoms with Gasteiger partial charge in [-0.05, 0) is 32.0 Å². The van der Waals surface area contributed by atoms with Crippen LogP contribution < -0.4 is 5.32 Å². The van der Waals surface area contributed by atoms with Gasteiger partial charge in [-0.25, -0.2) is 8.78 Å². The number of rotatable bonds is 1. The molecule has 1 amide bonds. The molecule has 0 aliphatic carbocycles. The molecule has 2 rings (SSSR count). The predicted molar refractivity (Wildman–Crippen MR) is 64.3 cm³/mol. The fourth-order valence-corrected chi connectivity index (χ4v) is 2.32. The van der Waals surface area contributed by atoms with E-state index in [1.165, 1.54) is 0 Å². The van der Waals surface area contributed by atoms with Gasteiger partial charge in [0.15, 0.2) is 0 Å². The summed E-state index contributed by atoms with van der Waals surface area (Å²) in [6.07, 6.45) is 0. The first-order valence-corrected chi connectivity index (χ1v) is 5.97. The van der Waals surface area contributed by atoms with Crippen LogP contribution in [0.4, 0.5) is 8.78 Å². The van der Waals surface area contributed by atoms with E-state index in [4.69, 9.17) is 0 Å². The minimum Gasteiger partial charge on any atom is -0.335 e. The number of carbonyl (C=O) groups is 1. The summed E-state index contributed by atoms with van der Waals surface area (Å²) in [5.41, 5.74) is -0.198. The van der Waals surface area contributed by atoms with E-state index in [-0.39, 0.29) is 17.6 Å². The SMILES string of the molecule is C[C@@H]1CN(C(=O)c2cc(F)ccc2F)C[C@@H](C)N1. The highest BCUT2D eigenvalue weighted by Gasteiger charge is 2.27. The number of nitrogens with zero attached hydrogens (tertiary/aromatic N) is 1. The number of hydrogen-bond donors (Lipinski definition) is 1. The van der Waals surface area contributed by atoms with Gasteiger partial charge in [0, 0.05) is 25.2 Å². The van der Waals surface area contributed by atoms with Crippen LogP contribution in [0.15, 0.2) is 18.2 Å². The van der Waals surface area contributed by atoms with Gasteiger partial charge in [-0.2, -0.15) is 0 Å². The highest BCUT2D eigenvalue weighted by molar-refractivity contribution is 5.94. The zero-order valence-corrected chi connectivity index (χ0v) is 10.4. The van der Waals surface area contributed by atoms with E-state index in [1.807, 2.05) is 13.8 Å². The van der Waals surface area contributed by atoms with Crippen molar-refractivity contribution < 1.29 is 13.6 Å². The van der Waals surface area contributed by atoms with Gasteiger partial charge < -0.3 is 10.2 Å². The maximum atomic E-state index is 13.5. The summed E-state index contributed by atoms with van der Waals surface area (Å²) >= 11 is 0. The molecule has 2 atom stereocenters. The summed E-state index contributed by atoms with van der Waals surface area (Å²) in [5, 5.41) is 3.28. The minimum absolute atomic E-state index is 0.148. The van der Waals surface area contributed by atoms with Gasteiger partial charge in [0.05, 0.1) is 5.56 Å². The number of nitrogens with one attached hydrogen (secondary N) is 1. The average Bonchev–Trinajstić information content (AvgIpc) is 2.30. The van der Waals surface area contributed by atoms with Gasteiger partial charge in [-0.3, -0.25) is 4.79 Å². The summed E-state index contributed by atoms with van der Waals surface area (Å²) in [7, 11) is 0. The van der Waals surface area contributed by atoms with E-state index in [0.29, 0.717) is 13.1 Å². The van der Waals surface area contributed by atoms with Crippen molar-refractivity contribution in [3.05, 3.63) is 35.4 Å². The Balaban J connectivity index is 2.22. The molecule has 98 valence electrons. The lowest BCUT2D eigenvalue weighted by Gasteiger charge is -2.36. The average molecular weight is 254 g/mol. The molecule has 1 heterocycles. The monoisotopic (exact) mass is 254 g/mol.